The first kappa shape index (κ1) is 12.5. The number of rotatable bonds is 5. The summed E-state index contributed by atoms with van der Waals surface area (Å²) in [6.45, 7) is 2.03. The highest BCUT2D eigenvalue weighted by Gasteiger charge is 2.27. The minimum Gasteiger partial charge on any atom is -0.369 e. The van der Waals surface area contributed by atoms with Crippen molar-refractivity contribution in [3.63, 3.8) is 0 Å². The normalized spacial score (nSPS) is 19.7. The van der Waals surface area contributed by atoms with Crippen LogP contribution < -0.4 is 5.73 Å². The zero-order chi connectivity index (χ0) is 12.3. The van der Waals surface area contributed by atoms with Gasteiger partial charge in [-0.3, -0.25) is 0 Å². The average molecular weight is 237 g/mol. The Balaban J connectivity index is 2.13. The maximum absolute atomic E-state index is 13.2. The van der Waals surface area contributed by atoms with E-state index in [1.165, 1.54) is 18.6 Å². The fourth-order valence-electron chi connectivity index (χ4n) is 2.04. The van der Waals surface area contributed by atoms with Crippen molar-refractivity contribution in [2.45, 2.75) is 50.9 Å². The summed E-state index contributed by atoms with van der Waals surface area (Å²) in [5, 5.41) is 0. The van der Waals surface area contributed by atoms with Crippen LogP contribution in [0.4, 0.5) is 4.39 Å². The molecule has 0 spiro atoms. The lowest BCUT2D eigenvalue weighted by Gasteiger charge is -2.33. The van der Waals surface area contributed by atoms with Crippen LogP contribution in [0.15, 0.2) is 24.3 Å². The van der Waals surface area contributed by atoms with Crippen molar-refractivity contribution in [3.05, 3.63) is 35.6 Å². The summed E-state index contributed by atoms with van der Waals surface area (Å²) in [6, 6.07) is 6.50. The molecule has 1 aliphatic carbocycles. The molecule has 2 N–H and O–H groups in total. The summed E-state index contributed by atoms with van der Waals surface area (Å²) < 4.78 is 19.2. The SMILES string of the molecule is CCC(N)C(OC1CCC1)c1cccc(F)c1. The second-order valence-corrected chi connectivity index (χ2v) is 4.74. The van der Waals surface area contributed by atoms with E-state index in [2.05, 4.69) is 0 Å². The van der Waals surface area contributed by atoms with Crippen LogP contribution >= 0.6 is 0 Å². The van der Waals surface area contributed by atoms with E-state index in [4.69, 9.17) is 10.5 Å². The maximum Gasteiger partial charge on any atom is 0.123 e. The number of halogens is 1. The summed E-state index contributed by atoms with van der Waals surface area (Å²) in [7, 11) is 0. The lowest BCUT2D eigenvalue weighted by molar-refractivity contribution is -0.0639. The topological polar surface area (TPSA) is 35.2 Å². The zero-order valence-electron chi connectivity index (χ0n) is 10.2. The smallest absolute Gasteiger partial charge is 0.123 e. The largest absolute Gasteiger partial charge is 0.369 e. The second kappa shape index (κ2) is 5.61. The van der Waals surface area contributed by atoms with Crippen LogP contribution in [-0.2, 0) is 4.74 Å². The summed E-state index contributed by atoms with van der Waals surface area (Å²) in [5.74, 6) is -0.229. The molecule has 1 saturated carbocycles. The quantitative estimate of drug-likeness (QED) is 0.853. The Morgan fingerprint density at radius 2 is 2.24 bits per heavy atom. The first-order chi connectivity index (χ1) is 8.20. The van der Waals surface area contributed by atoms with Gasteiger partial charge in [0.15, 0.2) is 0 Å². The molecule has 94 valence electrons. The third-order valence-corrected chi connectivity index (χ3v) is 3.43. The Hall–Kier alpha value is -0.930. The molecule has 3 heteroatoms. The van der Waals surface area contributed by atoms with Crippen molar-refractivity contribution in [3.8, 4) is 0 Å². The summed E-state index contributed by atoms with van der Waals surface area (Å²) in [4.78, 5) is 0. The van der Waals surface area contributed by atoms with Gasteiger partial charge in [0, 0.05) is 6.04 Å². The third-order valence-electron chi connectivity index (χ3n) is 3.43. The molecule has 1 aliphatic rings. The van der Waals surface area contributed by atoms with Gasteiger partial charge in [-0.15, -0.1) is 0 Å². The molecule has 1 fully saturated rings. The Morgan fingerprint density at radius 3 is 2.76 bits per heavy atom. The van der Waals surface area contributed by atoms with E-state index in [9.17, 15) is 4.39 Å². The highest BCUT2D eigenvalue weighted by molar-refractivity contribution is 5.20. The van der Waals surface area contributed by atoms with E-state index in [0.29, 0.717) is 6.10 Å². The molecule has 2 unspecified atom stereocenters. The number of hydrogen-bond acceptors (Lipinski definition) is 2. The third kappa shape index (κ3) is 3.05. The standard InChI is InChI=1S/C14H20FNO/c1-2-13(16)14(17-12-7-4-8-12)10-5-3-6-11(15)9-10/h3,5-6,9,12-14H,2,4,7-8,16H2,1H3. The van der Waals surface area contributed by atoms with Crippen LogP contribution in [0.2, 0.25) is 0 Å². The van der Waals surface area contributed by atoms with Gasteiger partial charge < -0.3 is 10.5 Å². The first-order valence-corrected chi connectivity index (χ1v) is 6.37. The van der Waals surface area contributed by atoms with Gasteiger partial charge in [-0.05, 0) is 43.4 Å². The van der Waals surface area contributed by atoms with Gasteiger partial charge >= 0.3 is 0 Å². The molecule has 2 rings (SSSR count). The molecule has 17 heavy (non-hydrogen) atoms. The van der Waals surface area contributed by atoms with Gasteiger partial charge in [0.05, 0.1) is 12.2 Å². The fourth-order valence-corrected chi connectivity index (χ4v) is 2.04. The first-order valence-electron chi connectivity index (χ1n) is 6.37. The molecule has 0 radical (unpaired) electrons. The summed E-state index contributed by atoms with van der Waals surface area (Å²) >= 11 is 0. The minimum atomic E-state index is -0.229. The van der Waals surface area contributed by atoms with Crippen molar-refractivity contribution < 1.29 is 9.13 Å². The van der Waals surface area contributed by atoms with E-state index in [1.807, 2.05) is 13.0 Å². The highest BCUT2D eigenvalue weighted by atomic mass is 19.1. The second-order valence-electron chi connectivity index (χ2n) is 4.74. The van der Waals surface area contributed by atoms with Crippen molar-refractivity contribution in [1.82, 2.24) is 0 Å². The van der Waals surface area contributed by atoms with Gasteiger partial charge in [-0.2, -0.15) is 0 Å². The van der Waals surface area contributed by atoms with E-state index < -0.39 is 0 Å². The van der Waals surface area contributed by atoms with Crippen LogP contribution in [0, 0.1) is 5.82 Å². The highest BCUT2D eigenvalue weighted by Crippen LogP contribution is 2.31. The van der Waals surface area contributed by atoms with E-state index >= 15 is 0 Å². The molecule has 0 bridgehead atoms. The molecule has 1 aromatic carbocycles. The van der Waals surface area contributed by atoms with Crippen molar-refractivity contribution in [1.29, 1.82) is 0 Å². The lowest BCUT2D eigenvalue weighted by atomic mass is 9.94. The monoisotopic (exact) mass is 237 g/mol. The van der Waals surface area contributed by atoms with Crippen molar-refractivity contribution in [2.24, 2.45) is 5.73 Å². The Bertz CT molecular complexity index is 365. The number of nitrogens with two attached hydrogens (primary N) is 1. The molecule has 0 aromatic heterocycles. The lowest BCUT2D eigenvalue weighted by Crippen LogP contribution is -2.34. The maximum atomic E-state index is 13.2. The van der Waals surface area contributed by atoms with Crippen LogP contribution in [0.1, 0.15) is 44.3 Å². The molecule has 0 aliphatic heterocycles. The van der Waals surface area contributed by atoms with Crippen LogP contribution in [0.25, 0.3) is 0 Å². The Labute approximate surface area is 102 Å². The van der Waals surface area contributed by atoms with Gasteiger partial charge in [-0.25, -0.2) is 4.39 Å². The van der Waals surface area contributed by atoms with Gasteiger partial charge in [0.2, 0.25) is 0 Å². The average Bonchev–Trinajstić information content (AvgIpc) is 2.27. The predicted molar refractivity (Wildman–Crippen MR) is 66.1 cm³/mol. The molecule has 2 nitrogen and oxygen atoms in total. The molecular weight excluding hydrogens is 217 g/mol. The molecule has 0 heterocycles. The molecule has 0 saturated heterocycles. The van der Waals surface area contributed by atoms with Crippen molar-refractivity contribution >= 4 is 0 Å². The zero-order valence-corrected chi connectivity index (χ0v) is 10.2. The van der Waals surface area contributed by atoms with E-state index in [1.54, 1.807) is 6.07 Å². The van der Waals surface area contributed by atoms with Crippen molar-refractivity contribution in [2.75, 3.05) is 0 Å². The summed E-state index contributed by atoms with van der Waals surface area (Å²) in [5.41, 5.74) is 6.93. The fraction of sp³-hybridized carbons (Fsp3) is 0.571. The number of ether oxygens (including phenoxy) is 1. The Morgan fingerprint density at radius 1 is 1.47 bits per heavy atom. The van der Waals surface area contributed by atoms with Crippen LogP contribution in [0.5, 0.6) is 0 Å². The number of benzene rings is 1. The molecular formula is C14H20FNO. The summed E-state index contributed by atoms with van der Waals surface area (Å²) in [6.07, 6.45) is 4.38. The number of hydrogen-bond donors (Lipinski definition) is 1. The minimum absolute atomic E-state index is 0.0719. The molecule has 1 aromatic rings. The van der Waals surface area contributed by atoms with E-state index in [0.717, 1.165) is 24.8 Å². The van der Waals surface area contributed by atoms with Gasteiger partial charge in [0.1, 0.15) is 5.82 Å². The molecule has 0 amide bonds. The predicted octanol–water partition coefficient (Wildman–Crippen LogP) is 3.17. The van der Waals surface area contributed by atoms with E-state index in [-0.39, 0.29) is 18.0 Å². The van der Waals surface area contributed by atoms with Crippen LogP contribution in [0.3, 0.4) is 0 Å². The van der Waals surface area contributed by atoms with Gasteiger partial charge in [0.25, 0.3) is 0 Å². The Kier molecular flexibility index (Phi) is 4.13. The molecule has 2 atom stereocenters. The van der Waals surface area contributed by atoms with Gasteiger partial charge in [-0.1, -0.05) is 19.1 Å². The van der Waals surface area contributed by atoms with Crippen LogP contribution in [-0.4, -0.2) is 12.1 Å².